The fourth-order valence-corrected chi connectivity index (χ4v) is 2.70. The molecule has 18 heavy (non-hydrogen) atoms. The minimum atomic E-state index is 0.644. The van der Waals surface area contributed by atoms with Gasteiger partial charge in [-0.25, -0.2) is 9.97 Å². The molecule has 0 radical (unpaired) electrons. The maximum atomic E-state index is 4.48. The third kappa shape index (κ3) is 2.64. The lowest BCUT2D eigenvalue weighted by atomic mass is 10.2. The summed E-state index contributed by atoms with van der Waals surface area (Å²) in [5, 5.41) is 3.58. The third-order valence-electron chi connectivity index (χ3n) is 3.93. The first-order valence-corrected chi connectivity index (χ1v) is 7.17. The van der Waals surface area contributed by atoms with E-state index in [1.807, 2.05) is 0 Å². The van der Waals surface area contributed by atoms with E-state index in [1.54, 1.807) is 6.33 Å². The summed E-state index contributed by atoms with van der Waals surface area (Å²) in [7, 11) is 0. The van der Waals surface area contributed by atoms with Gasteiger partial charge in [-0.1, -0.05) is 6.92 Å². The second kappa shape index (κ2) is 5.22. The molecule has 1 N–H and O–H groups in total. The predicted octanol–water partition coefficient (Wildman–Crippen LogP) is 1.76. The molecule has 1 aliphatic carbocycles. The van der Waals surface area contributed by atoms with E-state index in [0.717, 1.165) is 24.5 Å². The van der Waals surface area contributed by atoms with Gasteiger partial charge in [0.05, 0.1) is 0 Å². The Bertz CT molecular complexity index is 397. The SMILES string of the molecule is CCc1cc(N(CC2CCCN2)C2CC2)ncn1. The zero-order chi connectivity index (χ0) is 12.4. The van der Waals surface area contributed by atoms with Crippen molar-refractivity contribution >= 4 is 5.82 Å². The van der Waals surface area contributed by atoms with Crippen molar-refractivity contribution < 1.29 is 0 Å². The van der Waals surface area contributed by atoms with Crippen molar-refractivity contribution in [3.63, 3.8) is 0 Å². The molecule has 1 saturated carbocycles. The molecule has 1 aliphatic heterocycles. The van der Waals surface area contributed by atoms with Crippen molar-refractivity contribution in [1.82, 2.24) is 15.3 Å². The van der Waals surface area contributed by atoms with E-state index in [0.29, 0.717) is 12.1 Å². The first kappa shape index (κ1) is 11.9. The standard InChI is InChI=1S/C14H22N4/c1-2-11-8-14(17-10-16-11)18(13-5-6-13)9-12-4-3-7-15-12/h8,10,12-13,15H,2-7,9H2,1H3. The maximum Gasteiger partial charge on any atom is 0.132 e. The number of rotatable bonds is 5. The van der Waals surface area contributed by atoms with Crippen LogP contribution in [0.15, 0.2) is 12.4 Å². The molecule has 1 saturated heterocycles. The molecule has 1 aromatic heterocycles. The molecule has 0 aromatic carbocycles. The highest BCUT2D eigenvalue weighted by molar-refractivity contribution is 5.42. The Labute approximate surface area is 109 Å². The van der Waals surface area contributed by atoms with E-state index in [9.17, 15) is 0 Å². The molecular formula is C14H22N4. The van der Waals surface area contributed by atoms with Gasteiger partial charge in [0, 0.05) is 30.4 Å². The molecular weight excluding hydrogens is 224 g/mol. The van der Waals surface area contributed by atoms with Crippen molar-refractivity contribution in [3.05, 3.63) is 18.1 Å². The molecule has 2 aliphatic rings. The molecule has 4 heteroatoms. The van der Waals surface area contributed by atoms with Gasteiger partial charge in [-0.15, -0.1) is 0 Å². The first-order chi connectivity index (χ1) is 8.86. The minimum absolute atomic E-state index is 0.644. The second-order valence-electron chi connectivity index (χ2n) is 5.40. The Balaban J connectivity index is 1.75. The smallest absolute Gasteiger partial charge is 0.132 e. The Kier molecular flexibility index (Phi) is 3.46. The van der Waals surface area contributed by atoms with Gasteiger partial charge in [-0.3, -0.25) is 0 Å². The first-order valence-electron chi connectivity index (χ1n) is 7.17. The fraction of sp³-hybridized carbons (Fsp3) is 0.714. The van der Waals surface area contributed by atoms with Gasteiger partial charge in [0.15, 0.2) is 0 Å². The van der Waals surface area contributed by atoms with Crippen molar-refractivity contribution in [3.8, 4) is 0 Å². The van der Waals surface area contributed by atoms with E-state index >= 15 is 0 Å². The molecule has 0 amide bonds. The maximum absolute atomic E-state index is 4.48. The monoisotopic (exact) mass is 246 g/mol. The Morgan fingerprint density at radius 2 is 2.22 bits per heavy atom. The molecule has 2 fully saturated rings. The van der Waals surface area contributed by atoms with Gasteiger partial charge in [0.25, 0.3) is 0 Å². The third-order valence-corrected chi connectivity index (χ3v) is 3.93. The van der Waals surface area contributed by atoms with Crippen LogP contribution in [0.25, 0.3) is 0 Å². The van der Waals surface area contributed by atoms with Gasteiger partial charge < -0.3 is 10.2 Å². The molecule has 2 heterocycles. The summed E-state index contributed by atoms with van der Waals surface area (Å²) in [5.41, 5.74) is 1.14. The summed E-state index contributed by atoms with van der Waals surface area (Å²) >= 11 is 0. The number of nitrogens with zero attached hydrogens (tertiary/aromatic N) is 3. The van der Waals surface area contributed by atoms with Crippen molar-refractivity contribution in [1.29, 1.82) is 0 Å². The molecule has 1 unspecified atom stereocenters. The quantitative estimate of drug-likeness (QED) is 0.859. The number of anilines is 1. The summed E-state index contributed by atoms with van der Waals surface area (Å²) in [4.78, 5) is 11.3. The van der Waals surface area contributed by atoms with Gasteiger partial charge in [0.2, 0.25) is 0 Å². The van der Waals surface area contributed by atoms with Crippen LogP contribution < -0.4 is 10.2 Å². The topological polar surface area (TPSA) is 41.0 Å². The van der Waals surface area contributed by atoms with Crippen LogP contribution in [0.1, 0.15) is 38.3 Å². The van der Waals surface area contributed by atoms with Gasteiger partial charge in [-0.05, 0) is 38.6 Å². The number of hydrogen-bond donors (Lipinski definition) is 1. The summed E-state index contributed by atoms with van der Waals surface area (Å²) in [6, 6.07) is 3.52. The van der Waals surface area contributed by atoms with Crippen LogP contribution >= 0.6 is 0 Å². The zero-order valence-corrected chi connectivity index (χ0v) is 11.1. The summed E-state index contributed by atoms with van der Waals surface area (Å²) in [6.07, 6.45) is 7.94. The highest BCUT2D eigenvalue weighted by atomic mass is 15.3. The zero-order valence-electron chi connectivity index (χ0n) is 11.1. The van der Waals surface area contributed by atoms with E-state index in [-0.39, 0.29) is 0 Å². The van der Waals surface area contributed by atoms with Crippen LogP contribution in [0.5, 0.6) is 0 Å². The van der Waals surface area contributed by atoms with Crippen LogP contribution in [0.3, 0.4) is 0 Å². The molecule has 1 aromatic rings. The Morgan fingerprint density at radius 1 is 1.33 bits per heavy atom. The van der Waals surface area contributed by atoms with Crippen LogP contribution in [-0.4, -0.2) is 35.1 Å². The second-order valence-corrected chi connectivity index (χ2v) is 5.40. The minimum Gasteiger partial charge on any atom is -0.352 e. The lowest BCUT2D eigenvalue weighted by Crippen LogP contribution is -2.39. The molecule has 4 nitrogen and oxygen atoms in total. The largest absolute Gasteiger partial charge is 0.352 e. The number of aryl methyl sites for hydroxylation is 1. The number of hydrogen-bond acceptors (Lipinski definition) is 4. The van der Waals surface area contributed by atoms with Gasteiger partial charge in [0.1, 0.15) is 12.1 Å². The fourth-order valence-electron chi connectivity index (χ4n) is 2.70. The van der Waals surface area contributed by atoms with Crippen LogP contribution in [-0.2, 0) is 6.42 Å². The summed E-state index contributed by atoms with van der Waals surface area (Å²) in [6.45, 7) is 4.42. The van der Waals surface area contributed by atoms with E-state index in [4.69, 9.17) is 0 Å². The molecule has 3 rings (SSSR count). The summed E-state index contributed by atoms with van der Waals surface area (Å²) in [5.74, 6) is 1.12. The molecule has 0 spiro atoms. The molecule has 98 valence electrons. The van der Waals surface area contributed by atoms with E-state index in [2.05, 4.69) is 33.2 Å². The van der Waals surface area contributed by atoms with E-state index < -0.39 is 0 Å². The lowest BCUT2D eigenvalue weighted by molar-refractivity contribution is 0.575. The van der Waals surface area contributed by atoms with Gasteiger partial charge in [-0.2, -0.15) is 0 Å². The van der Waals surface area contributed by atoms with Crippen molar-refractivity contribution in [2.24, 2.45) is 0 Å². The van der Waals surface area contributed by atoms with Crippen molar-refractivity contribution in [2.45, 2.75) is 51.1 Å². The van der Waals surface area contributed by atoms with E-state index in [1.165, 1.54) is 32.2 Å². The van der Waals surface area contributed by atoms with Crippen LogP contribution in [0.2, 0.25) is 0 Å². The Hall–Kier alpha value is -1.16. The molecule has 0 bridgehead atoms. The highest BCUT2D eigenvalue weighted by Crippen LogP contribution is 2.31. The lowest BCUT2D eigenvalue weighted by Gasteiger charge is -2.27. The van der Waals surface area contributed by atoms with Crippen LogP contribution in [0, 0.1) is 0 Å². The normalized spacial score (nSPS) is 23.3. The average Bonchev–Trinajstić information content (AvgIpc) is 3.13. The predicted molar refractivity (Wildman–Crippen MR) is 72.8 cm³/mol. The number of aromatic nitrogens is 2. The average molecular weight is 246 g/mol. The highest BCUT2D eigenvalue weighted by Gasteiger charge is 2.32. The summed E-state index contributed by atoms with van der Waals surface area (Å²) < 4.78 is 0. The Morgan fingerprint density at radius 3 is 2.89 bits per heavy atom. The van der Waals surface area contributed by atoms with Gasteiger partial charge >= 0.3 is 0 Å². The van der Waals surface area contributed by atoms with Crippen molar-refractivity contribution in [2.75, 3.05) is 18.0 Å². The number of nitrogens with one attached hydrogen (secondary N) is 1. The molecule has 1 atom stereocenters. The van der Waals surface area contributed by atoms with Crippen LogP contribution in [0.4, 0.5) is 5.82 Å².